The summed E-state index contributed by atoms with van der Waals surface area (Å²) in [5, 5.41) is 1.41. The quantitative estimate of drug-likeness (QED) is 0.693. The van der Waals surface area contributed by atoms with Crippen LogP contribution in [0.3, 0.4) is 0 Å². The van der Waals surface area contributed by atoms with Crippen molar-refractivity contribution in [3.05, 3.63) is 70.0 Å². The summed E-state index contributed by atoms with van der Waals surface area (Å²) in [7, 11) is 0. The molecule has 0 saturated carbocycles. The number of benzene rings is 2. The van der Waals surface area contributed by atoms with Gasteiger partial charge in [0, 0.05) is 5.56 Å². The number of hydrogen-bond donors (Lipinski definition) is 0. The molecule has 0 bridgehead atoms. The monoisotopic (exact) mass is 349 g/mol. The van der Waals surface area contributed by atoms with Crippen molar-refractivity contribution in [1.29, 1.82) is 0 Å². The lowest BCUT2D eigenvalue weighted by molar-refractivity contribution is -0.153. The Morgan fingerprint density at radius 2 is 1.62 bits per heavy atom. The summed E-state index contributed by atoms with van der Waals surface area (Å²) in [5.41, 5.74) is 2.26. The van der Waals surface area contributed by atoms with E-state index in [2.05, 4.69) is 0 Å². The fourth-order valence-corrected chi connectivity index (χ4v) is 2.89. The van der Waals surface area contributed by atoms with Gasteiger partial charge < -0.3 is 4.84 Å². The highest BCUT2D eigenvalue weighted by Crippen LogP contribution is 2.28. The van der Waals surface area contributed by atoms with Gasteiger partial charge >= 0.3 is 5.97 Å². The molecule has 3 rings (SSSR count). The molecule has 0 unspecified atom stereocenters. The number of hydrogen-bond acceptors (Lipinski definition) is 3. The van der Waals surface area contributed by atoms with Crippen LogP contribution in [0.2, 0.25) is 0 Å². The maximum absolute atomic E-state index is 13.2. The minimum Gasteiger partial charge on any atom is -0.332 e. The van der Waals surface area contributed by atoms with Gasteiger partial charge in [-0.1, -0.05) is 48.0 Å². The lowest BCUT2D eigenvalue weighted by atomic mass is 9.97. The van der Waals surface area contributed by atoms with Gasteiger partial charge in [-0.25, -0.2) is 4.79 Å². The molecule has 0 radical (unpaired) electrons. The van der Waals surface area contributed by atoms with E-state index >= 15 is 0 Å². The zero-order valence-electron chi connectivity index (χ0n) is 15.8. The second kappa shape index (κ2) is 6.45. The van der Waals surface area contributed by atoms with Crippen molar-refractivity contribution in [2.24, 2.45) is 5.41 Å². The summed E-state index contributed by atoms with van der Waals surface area (Å²) in [6, 6.07) is 15.3. The molecule has 0 N–H and O–H groups in total. The van der Waals surface area contributed by atoms with Crippen molar-refractivity contribution < 1.29 is 9.63 Å². The van der Waals surface area contributed by atoms with Gasteiger partial charge in [0.05, 0.1) is 16.5 Å². The SMILES string of the molecule is Cc1ccc2c(C)c(-c3ccccc3)n(OC(=O)C(C)(C)C)c(=O)c2c1. The lowest BCUT2D eigenvalue weighted by Crippen LogP contribution is -2.38. The topological polar surface area (TPSA) is 48.3 Å². The van der Waals surface area contributed by atoms with Crippen LogP contribution in [0.1, 0.15) is 31.9 Å². The minimum atomic E-state index is -0.719. The first kappa shape index (κ1) is 17.9. The van der Waals surface area contributed by atoms with Crippen LogP contribution in [0, 0.1) is 19.3 Å². The normalized spacial score (nSPS) is 11.6. The van der Waals surface area contributed by atoms with Crippen LogP contribution in [-0.2, 0) is 4.79 Å². The predicted molar refractivity (Wildman–Crippen MR) is 104 cm³/mol. The maximum atomic E-state index is 13.2. The lowest BCUT2D eigenvalue weighted by Gasteiger charge is -2.21. The summed E-state index contributed by atoms with van der Waals surface area (Å²) in [5.74, 6) is -0.455. The molecule has 134 valence electrons. The van der Waals surface area contributed by atoms with E-state index in [0.29, 0.717) is 11.1 Å². The summed E-state index contributed by atoms with van der Waals surface area (Å²) >= 11 is 0. The zero-order valence-corrected chi connectivity index (χ0v) is 15.8. The first-order valence-corrected chi connectivity index (χ1v) is 8.64. The number of fused-ring (bicyclic) bond motifs is 1. The highest BCUT2D eigenvalue weighted by Gasteiger charge is 2.27. The number of carbonyl (C=O) groups excluding carboxylic acids is 1. The van der Waals surface area contributed by atoms with Crippen LogP contribution >= 0.6 is 0 Å². The van der Waals surface area contributed by atoms with Crippen LogP contribution < -0.4 is 10.4 Å². The number of pyridine rings is 1. The molecule has 26 heavy (non-hydrogen) atoms. The first-order valence-electron chi connectivity index (χ1n) is 8.64. The number of aryl methyl sites for hydroxylation is 2. The van der Waals surface area contributed by atoms with Gasteiger partial charge in [-0.15, -0.1) is 4.73 Å². The third-order valence-corrected chi connectivity index (χ3v) is 4.39. The molecule has 0 atom stereocenters. The van der Waals surface area contributed by atoms with Crippen molar-refractivity contribution >= 4 is 16.7 Å². The highest BCUT2D eigenvalue weighted by atomic mass is 16.7. The van der Waals surface area contributed by atoms with Gasteiger partial charge in [0.15, 0.2) is 0 Å². The number of aromatic nitrogens is 1. The Balaban J connectivity index is 2.37. The van der Waals surface area contributed by atoms with E-state index in [1.54, 1.807) is 20.8 Å². The molecular weight excluding hydrogens is 326 g/mol. The standard InChI is InChI=1S/C22H23NO3/c1-14-11-12-17-15(2)19(16-9-7-6-8-10-16)23(20(24)18(17)13-14)26-21(25)22(3,4)5/h6-13H,1-5H3. The Kier molecular flexibility index (Phi) is 4.45. The van der Waals surface area contributed by atoms with Gasteiger partial charge in [-0.05, 0) is 51.6 Å². The fraction of sp³-hybridized carbons (Fsp3) is 0.273. The second-order valence-electron chi connectivity index (χ2n) is 7.62. The molecule has 0 spiro atoms. The predicted octanol–water partition coefficient (Wildman–Crippen LogP) is 4.29. The van der Waals surface area contributed by atoms with E-state index in [0.717, 1.165) is 26.8 Å². The van der Waals surface area contributed by atoms with Crippen molar-refractivity contribution in [2.45, 2.75) is 34.6 Å². The molecule has 1 heterocycles. The Bertz CT molecular complexity index is 1040. The van der Waals surface area contributed by atoms with Gasteiger partial charge in [0.2, 0.25) is 0 Å². The van der Waals surface area contributed by atoms with Gasteiger partial charge in [-0.3, -0.25) is 4.79 Å². The Hall–Kier alpha value is -2.88. The Labute approximate surface area is 153 Å². The van der Waals surface area contributed by atoms with Gasteiger partial charge in [0.1, 0.15) is 0 Å². The molecule has 4 heteroatoms. The molecule has 0 saturated heterocycles. The van der Waals surface area contributed by atoms with E-state index in [4.69, 9.17) is 4.84 Å². The molecular formula is C22H23NO3. The maximum Gasteiger partial charge on any atom is 0.338 e. The summed E-state index contributed by atoms with van der Waals surface area (Å²) < 4.78 is 1.15. The molecule has 2 aromatic carbocycles. The number of nitrogens with zero attached hydrogens (tertiary/aromatic N) is 1. The van der Waals surface area contributed by atoms with Crippen molar-refractivity contribution in [2.75, 3.05) is 0 Å². The minimum absolute atomic E-state index is 0.328. The van der Waals surface area contributed by atoms with Gasteiger partial charge in [-0.2, -0.15) is 0 Å². The van der Waals surface area contributed by atoms with E-state index < -0.39 is 11.4 Å². The molecule has 0 aliphatic heterocycles. The van der Waals surface area contributed by atoms with Crippen LogP contribution in [0.15, 0.2) is 53.3 Å². The first-order chi connectivity index (χ1) is 12.2. The van der Waals surface area contributed by atoms with E-state index in [9.17, 15) is 9.59 Å². The molecule has 3 aromatic rings. The summed E-state index contributed by atoms with van der Waals surface area (Å²) in [6.45, 7) is 9.17. The second-order valence-corrected chi connectivity index (χ2v) is 7.62. The Morgan fingerprint density at radius 3 is 2.23 bits per heavy atom. The van der Waals surface area contributed by atoms with Crippen LogP contribution in [0.5, 0.6) is 0 Å². The average Bonchev–Trinajstić information content (AvgIpc) is 2.59. The molecule has 0 amide bonds. The Morgan fingerprint density at radius 1 is 0.962 bits per heavy atom. The fourth-order valence-electron chi connectivity index (χ4n) is 2.89. The third kappa shape index (κ3) is 3.15. The number of carbonyl (C=O) groups is 1. The van der Waals surface area contributed by atoms with Crippen LogP contribution in [0.4, 0.5) is 0 Å². The molecule has 1 aromatic heterocycles. The number of rotatable bonds is 2. The molecule has 0 aliphatic carbocycles. The molecule has 0 aliphatic rings. The molecule has 0 fully saturated rings. The van der Waals surface area contributed by atoms with E-state index in [1.807, 2.05) is 62.4 Å². The zero-order chi connectivity index (χ0) is 19.1. The van der Waals surface area contributed by atoms with Crippen LogP contribution in [0.25, 0.3) is 22.0 Å². The average molecular weight is 349 g/mol. The van der Waals surface area contributed by atoms with Crippen LogP contribution in [-0.4, -0.2) is 10.7 Å². The van der Waals surface area contributed by atoms with Crippen molar-refractivity contribution in [1.82, 2.24) is 4.73 Å². The van der Waals surface area contributed by atoms with Gasteiger partial charge in [0.25, 0.3) is 5.56 Å². The third-order valence-electron chi connectivity index (χ3n) is 4.39. The van der Waals surface area contributed by atoms with Crippen molar-refractivity contribution in [3.63, 3.8) is 0 Å². The smallest absolute Gasteiger partial charge is 0.332 e. The summed E-state index contributed by atoms with van der Waals surface area (Å²) in [4.78, 5) is 31.3. The highest BCUT2D eigenvalue weighted by molar-refractivity contribution is 5.90. The summed E-state index contributed by atoms with van der Waals surface area (Å²) in [6.07, 6.45) is 0. The van der Waals surface area contributed by atoms with Crippen molar-refractivity contribution in [3.8, 4) is 11.3 Å². The van der Waals surface area contributed by atoms with E-state index in [-0.39, 0.29) is 5.56 Å². The molecule has 4 nitrogen and oxygen atoms in total. The largest absolute Gasteiger partial charge is 0.338 e. The van der Waals surface area contributed by atoms with E-state index in [1.165, 1.54) is 0 Å².